The van der Waals surface area contributed by atoms with Crippen molar-refractivity contribution in [2.45, 2.75) is 143 Å². The molecule has 4 saturated carbocycles. The number of hydrogen-bond donors (Lipinski definition) is 3. The maximum atomic E-state index is 13.6. The van der Waals surface area contributed by atoms with E-state index >= 15 is 0 Å². The van der Waals surface area contributed by atoms with Gasteiger partial charge in [-0.05, 0) is 135 Å². The molecule has 6 aliphatic rings. The van der Waals surface area contributed by atoms with Crippen molar-refractivity contribution in [3.8, 4) is 34.1 Å². The number of rotatable bonds is 8. The Labute approximate surface area is 498 Å². The zero-order valence-electron chi connectivity index (χ0n) is 47.9. The summed E-state index contributed by atoms with van der Waals surface area (Å²) in [4.78, 5) is 72.3. The van der Waals surface area contributed by atoms with Gasteiger partial charge < -0.3 is 47.8 Å². The Kier molecular flexibility index (Phi) is 16.6. The summed E-state index contributed by atoms with van der Waals surface area (Å²) in [6, 6.07) is 16.6. The Balaban J connectivity index is 0.000000200. The Hall–Kier alpha value is -5.67. The van der Waals surface area contributed by atoms with Crippen LogP contribution in [0.4, 0.5) is 0 Å². The van der Waals surface area contributed by atoms with Crippen LogP contribution in [0, 0.1) is 57.2 Å². The van der Waals surface area contributed by atoms with Gasteiger partial charge in [0.1, 0.15) is 51.5 Å². The van der Waals surface area contributed by atoms with Crippen LogP contribution in [0.25, 0.3) is 22.6 Å². The number of hydrogen-bond acceptors (Lipinski definition) is 17. The molecule has 0 bridgehead atoms. The van der Waals surface area contributed by atoms with Gasteiger partial charge in [-0.15, -0.1) is 24.0 Å². The van der Waals surface area contributed by atoms with Gasteiger partial charge in [0.25, 0.3) is 0 Å². The highest BCUT2D eigenvalue weighted by Gasteiger charge is 2.71. The third-order valence-electron chi connectivity index (χ3n) is 20.7. The van der Waals surface area contributed by atoms with Gasteiger partial charge in [0.15, 0.2) is 0 Å². The van der Waals surface area contributed by atoms with Crippen LogP contribution in [0.15, 0.2) is 104 Å². The summed E-state index contributed by atoms with van der Waals surface area (Å²) in [6.45, 7) is 19.6. The molecule has 16 atom stereocenters. The summed E-state index contributed by atoms with van der Waals surface area (Å²) in [6.07, 6.45) is 6.21. The van der Waals surface area contributed by atoms with E-state index in [4.69, 9.17) is 44.1 Å². The van der Waals surface area contributed by atoms with E-state index < -0.39 is 86.3 Å². The highest BCUT2D eigenvalue weighted by atomic mass is 127. The van der Waals surface area contributed by atoms with Crippen molar-refractivity contribution in [3.63, 3.8) is 0 Å². The molecule has 4 aromatic heterocycles. The molecule has 0 amide bonds. The van der Waals surface area contributed by atoms with Crippen LogP contribution in [-0.4, -0.2) is 79.8 Å². The Morgan fingerprint density at radius 1 is 0.659 bits per heavy atom. The van der Waals surface area contributed by atoms with Gasteiger partial charge in [-0.3, -0.25) is 19.6 Å². The second-order valence-corrected chi connectivity index (χ2v) is 25.6. The second-order valence-electron chi connectivity index (χ2n) is 25.2. The molecule has 5 aromatic rings. The largest absolute Gasteiger partial charge is 0.484 e. The van der Waals surface area contributed by atoms with Crippen LogP contribution >= 0.6 is 35.6 Å². The van der Waals surface area contributed by atoms with Crippen LogP contribution in [0.3, 0.4) is 0 Å². The number of benzene rings is 1. The number of pyridine rings is 2. The number of aliphatic hydroxyl groups is 3. The molecule has 2 aliphatic heterocycles. The van der Waals surface area contributed by atoms with E-state index in [1.165, 1.54) is 13.8 Å². The maximum absolute atomic E-state index is 13.6. The smallest absolute Gasteiger partial charge is 0.345 e. The fraction of sp³-hybridized carbons (Fsp3) is 0.540. The molecule has 4 unspecified atom stereocenters. The number of carbonyl (C=O) groups is 3. The van der Waals surface area contributed by atoms with Crippen LogP contribution in [-0.2, 0) is 23.8 Å². The minimum Gasteiger partial charge on any atom is -0.484 e. The highest BCUT2D eigenvalue weighted by Crippen LogP contribution is 2.70. The van der Waals surface area contributed by atoms with E-state index in [0.29, 0.717) is 34.6 Å². The number of aliphatic hydroxyl groups excluding tert-OH is 3. The second kappa shape index (κ2) is 22.4. The molecule has 6 heterocycles. The average molecular weight is 1260 g/mol. The third kappa shape index (κ3) is 10.2. The van der Waals surface area contributed by atoms with Crippen molar-refractivity contribution in [3.05, 3.63) is 128 Å². The molecule has 11 rings (SSSR count). The minimum atomic E-state index is -1.28. The molecule has 3 N–H and O–H groups in total. The predicted molar refractivity (Wildman–Crippen MR) is 312 cm³/mol. The first-order chi connectivity index (χ1) is 38.2. The summed E-state index contributed by atoms with van der Waals surface area (Å²) >= 11 is 6.07. The molecule has 0 radical (unpaired) electrons. The minimum absolute atomic E-state index is 0. The van der Waals surface area contributed by atoms with Gasteiger partial charge in [-0.1, -0.05) is 53.1 Å². The van der Waals surface area contributed by atoms with Gasteiger partial charge in [-0.25, -0.2) is 14.4 Å². The van der Waals surface area contributed by atoms with Gasteiger partial charge in [0.05, 0.1) is 37.1 Å². The molecule has 1 aromatic carbocycles. The number of esters is 3. The average Bonchev–Trinajstić information content (AvgIpc) is 0.779. The highest BCUT2D eigenvalue weighted by molar-refractivity contribution is 14.0. The maximum Gasteiger partial charge on any atom is 0.345 e. The summed E-state index contributed by atoms with van der Waals surface area (Å²) in [7, 11) is 0. The number of halogens is 2. The van der Waals surface area contributed by atoms with Crippen LogP contribution in [0.1, 0.15) is 141 Å². The molecule has 82 heavy (non-hydrogen) atoms. The molecular weight excluding hydrogens is 1190 g/mol. The van der Waals surface area contributed by atoms with Crippen molar-refractivity contribution in [2.75, 3.05) is 13.2 Å². The fourth-order valence-corrected chi connectivity index (χ4v) is 16.2. The number of nitrogens with zero attached hydrogens (tertiary/aromatic N) is 2. The summed E-state index contributed by atoms with van der Waals surface area (Å²) in [5.41, 5.74) is -4.09. The number of carbonyl (C=O) groups excluding carboxylic acids is 3. The molecule has 4 fully saturated rings. The number of ether oxygens (including phenoxy) is 5. The normalized spacial score (nSPS) is 35.6. The van der Waals surface area contributed by atoms with Gasteiger partial charge in [0, 0.05) is 89.6 Å². The van der Waals surface area contributed by atoms with Crippen molar-refractivity contribution >= 4 is 53.5 Å². The molecule has 17 nitrogen and oxygen atoms in total. The topological polar surface area (TPSA) is 244 Å². The van der Waals surface area contributed by atoms with E-state index in [9.17, 15) is 39.3 Å². The first kappa shape index (κ1) is 60.9. The lowest BCUT2D eigenvalue weighted by Crippen LogP contribution is -2.70. The van der Waals surface area contributed by atoms with E-state index in [2.05, 4.69) is 51.5 Å². The van der Waals surface area contributed by atoms with E-state index in [0.717, 1.165) is 25.7 Å². The summed E-state index contributed by atoms with van der Waals surface area (Å²) in [5.74, 6) is -1.41. The van der Waals surface area contributed by atoms with Crippen molar-refractivity contribution in [1.82, 2.24) is 9.97 Å². The van der Waals surface area contributed by atoms with Crippen LogP contribution in [0.2, 0.25) is 5.02 Å². The first-order valence-corrected chi connectivity index (χ1v) is 28.4. The fourth-order valence-electron chi connectivity index (χ4n) is 16.0. The van der Waals surface area contributed by atoms with Crippen LogP contribution in [0.5, 0.6) is 11.5 Å². The summed E-state index contributed by atoms with van der Waals surface area (Å²) in [5, 5.41) is 36.1. The Morgan fingerprint density at radius 2 is 1.10 bits per heavy atom. The molecule has 0 spiro atoms. The first-order valence-electron chi connectivity index (χ1n) is 28.0. The molecular formula is C63H74ClIN2O15. The monoisotopic (exact) mass is 1260 g/mol. The lowest BCUT2D eigenvalue weighted by atomic mass is 9.41. The quantitative estimate of drug-likeness (QED) is 0.0743. The lowest BCUT2D eigenvalue weighted by molar-refractivity contribution is -0.257. The van der Waals surface area contributed by atoms with Gasteiger partial charge >= 0.3 is 29.2 Å². The Morgan fingerprint density at radius 3 is 1.54 bits per heavy atom. The SMILES string of the molecule is CC(=O)OC[C@]1(C)C2C[C@H](O)[C@@]3(C)Oc4cc(-c5cccnc5)oc(=O)c4[C@H](O)C3[C@@]2(C)CC[C@@H]1C.CC(=O)OC[C@]1(C)C2C[C@H](OC(=O)c3ccc(Cl)cc3)[C@@]3(C)Oc4cc(-c5cccnc5)oc(=O)c4[C@H](O)C3[C@@]2(C)CC[C@@H]1C.I. The molecule has 0 saturated heterocycles. The van der Waals surface area contributed by atoms with Crippen LogP contribution < -0.4 is 20.7 Å². The third-order valence-corrected chi connectivity index (χ3v) is 21.0. The van der Waals surface area contributed by atoms with Gasteiger partial charge in [0.2, 0.25) is 0 Å². The number of fused-ring (bicyclic) bond motifs is 8. The summed E-state index contributed by atoms with van der Waals surface area (Å²) < 4.78 is 42.1. The molecule has 19 heteroatoms. The zero-order chi connectivity index (χ0) is 58.4. The van der Waals surface area contributed by atoms with Crippen molar-refractivity contribution in [1.29, 1.82) is 0 Å². The standard InChI is InChI=1S/C35H38ClNO8.C28H35NO7.HI/c1-19-12-13-33(3)26(34(19,4)18-42-20(2)38)16-27(44-31(40)21-8-10-23(36)11-9-21)35(5)30(33)29(39)28-25(45-35)15-24(43-32(28)41)22-7-6-14-37-17-22;1-15-8-9-26(3)20(27(15,4)14-34-16(2)30)12-21(31)28(5)24(26)23(32)22-19(36-28)11-18(35-25(22)33)17-7-6-10-29-13-17;/h6-11,14-15,17,19,26-27,29-30,39H,12-13,16,18H2,1-5H3;6-7,10-11,13,15,20-21,23-24,31-32H,8-9,12,14H2,1-5H3;1H/t19-,26?,27-,29-,30?,33-,34-,35+;15-,20?,21-,23-,24?,26-,27-,28+;/m00./s1. The van der Waals surface area contributed by atoms with E-state index in [1.807, 2.05) is 13.8 Å². The van der Waals surface area contributed by atoms with Crippen molar-refractivity contribution < 1.29 is 62.2 Å². The molecule has 4 aliphatic carbocycles. The Bertz CT molecular complexity index is 3350. The zero-order valence-corrected chi connectivity index (χ0v) is 51.0. The van der Waals surface area contributed by atoms with Crippen molar-refractivity contribution in [2.24, 2.45) is 57.2 Å². The number of aromatic nitrogens is 2. The predicted octanol–water partition coefficient (Wildman–Crippen LogP) is 10.9. The lowest BCUT2D eigenvalue weighted by Gasteiger charge is -2.66. The van der Waals surface area contributed by atoms with Gasteiger partial charge in [-0.2, -0.15) is 0 Å². The van der Waals surface area contributed by atoms with E-state index in [1.54, 1.807) is 85.5 Å². The van der Waals surface area contributed by atoms with E-state index in [-0.39, 0.29) is 107 Å². The molecule has 440 valence electrons.